The van der Waals surface area contributed by atoms with E-state index in [0.29, 0.717) is 18.9 Å². The molecule has 0 atom stereocenters. The molecule has 0 saturated carbocycles. The highest BCUT2D eigenvalue weighted by Gasteiger charge is 1.98. The van der Waals surface area contributed by atoms with Crippen molar-refractivity contribution in [2.75, 3.05) is 6.54 Å². The number of benzene rings is 1. The molecular formula is C14H22N2O. The van der Waals surface area contributed by atoms with Gasteiger partial charge in [0, 0.05) is 19.5 Å². The molecule has 1 aromatic carbocycles. The van der Waals surface area contributed by atoms with Gasteiger partial charge < -0.3 is 11.1 Å². The first kappa shape index (κ1) is 13.7. The van der Waals surface area contributed by atoms with Gasteiger partial charge in [-0.05, 0) is 23.5 Å². The Labute approximate surface area is 103 Å². The molecule has 1 aromatic rings. The summed E-state index contributed by atoms with van der Waals surface area (Å²) in [5.74, 6) is 0.430. The summed E-state index contributed by atoms with van der Waals surface area (Å²) in [4.78, 5) is 10.5. The molecule has 3 heteroatoms. The first-order chi connectivity index (χ1) is 8.08. The van der Waals surface area contributed by atoms with E-state index in [1.54, 1.807) is 0 Å². The average Bonchev–Trinajstić information content (AvgIpc) is 2.25. The number of rotatable bonds is 7. The summed E-state index contributed by atoms with van der Waals surface area (Å²) >= 11 is 0. The minimum atomic E-state index is -0.259. The smallest absolute Gasteiger partial charge is 0.218 e. The van der Waals surface area contributed by atoms with Gasteiger partial charge in [0.15, 0.2) is 0 Å². The van der Waals surface area contributed by atoms with Gasteiger partial charge in [-0.15, -0.1) is 0 Å². The third-order valence-corrected chi connectivity index (χ3v) is 2.54. The summed E-state index contributed by atoms with van der Waals surface area (Å²) in [6.45, 7) is 5.87. The molecule has 0 aliphatic heterocycles. The van der Waals surface area contributed by atoms with Crippen molar-refractivity contribution < 1.29 is 4.79 Å². The van der Waals surface area contributed by atoms with Gasteiger partial charge in [-0.2, -0.15) is 0 Å². The molecule has 0 radical (unpaired) electrons. The average molecular weight is 234 g/mol. The van der Waals surface area contributed by atoms with Crippen molar-refractivity contribution in [1.82, 2.24) is 5.32 Å². The van der Waals surface area contributed by atoms with E-state index in [0.717, 1.165) is 13.0 Å². The molecule has 0 aromatic heterocycles. The van der Waals surface area contributed by atoms with Crippen LogP contribution in [0.5, 0.6) is 0 Å². The maximum Gasteiger partial charge on any atom is 0.218 e. The molecule has 3 N–H and O–H groups in total. The van der Waals surface area contributed by atoms with Gasteiger partial charge in [0.25, 0.3) is 0 Å². The molecule has 0 unspecified atom stereocenters. The van der Waals surface area contributed by atoms with E-state index >= 15 is 0 Å². The van der Waals surface area contributed by atoms with Crippen molar-refractivity contribution in [3.05, 3.63) is 35.4 Å². The van der Waals surface area contributed by atoms with Crippen molar-refractivity contribution in [3.8, 4) is 0 Å². The van der Waals surface area contributed by atoms with Crippen LogP contribution in [-0.4, -0.2) is 12.5 Å². The maximum absolute atomic E-state index is 10.5. The predicted octanol–water partition coefficient (Wildman–Crippen LogP) is 1.85. The number of amides is 1. The van der Waals surface area contributed by atoms with Crippen LogP contribution in [0, 0.1) is 5.92 Å². The Bertz CT molecular complexity index is 344. The fourth-order valence-corrected chi connectivity index (χ4v) is 1.71. The SMILES string of the molecule is CC(C)Cc1ccc(CNCCC(N)=O)cc1. The van der Waals surface area contributed by atoms with Crippen LogP contribution in [0.4, 0.5) is 0 Å². The van der Waals surface area contributed by atoms with E-state index in [1.807, 2.05) is 0 Å². The lowest BCUT2D eigenvalue weighted by molar-refractivity contribution is -0.117. The van der Waals surface area contributed by atoms with Crippen LogP contribution in [0.25, 0.3) is 0 Å². The second-order valence-corrected chi connectivity index (χ2v) is 4.81. The summed E-state index contributed by atoms with van der Waals surface area (Å²) in [6, 6.07) is 8.61. The Balaban J connectivity index is 2.32. The quantitative estimate of drug-likeness (QED) is 0.707. The van der Waals surface area contributed by atoms with E-state index in [9.17, 15) is 4.79 Å². The zero-order valence-corrected chi connectivity index (χ0v) is 10.7. The van der Waals surface area contributed by atoms with Crippen molar-refractivity contribution in [2.24, 2.45) is 11.7 Å². The predicted molar refractivity (Wildman–Crippen MR) is 70.5 cm³/mol. The van der Waals surface area contributed by atoms with Gasteiger partial charge in [0.2, 0.25) is 5.91 Å². The van der Waals surface area contributed by atoms with Gasteiger partial charge in [-0.1, -0.05) is 38.1 Å². The molecule has 3 nitrogen and oxygen atoms in total. The fraction of sp³-hybridized carbons (Fsp3) is 0.500. The van der Waals surface area contributed by atoms with Gasteiger partial charge in [-0.3, -0.25) is 4.79 Å². The lowest BCUT2D eigenvalue weighted by Gasteiger charge is -2.07. The zero-order chi connectivity index (χ0) is 12.7. The van der Waals surface area contributed by atoms with Crippen molar-refractivity contribution in [3.63, 3.8) is 0 Å². The number of carbonyl (C=O) groups excluding carboxylic acids is 1. The van der Waals surface area contributed by atoms with Crippen molar-refractivity contribution >= 4 is 5.91 Å². The monoisotopic (exact) mass is 234 g/mol. The highest BCUT2D eigenvalue weighted by Crippen LogP contribution is 2.09. The Kier molecular flexibility index (Phi) is 5.70. The molecule has 0 spiro atoms. The van der Waals surface area contributed by atoms with E-state index in [4.69, 9.17) is 5.73 Å². The Morgan fingerprint density at radius 1 is 1.24 bits per heavy atom. The molecule has 17 heavy (non-hydrogen) atoms. The number of hydrogen-bond acceptors (Lipinski definition) is 2. The number of carbonyl (C=O) groups is 1. The molecule has 0 bridgehead atoms. The Hall–Kier alpha value is -1.35. The number of hydrogen-bond donors (Lipinski definition) is 2. The fourth-order valence-electron chi connectivity index (χ4n) is 1.71. The molecule has 1 amide bonds. The van der Waals surface area contributed by atoms with Gasteiger partial charge >= 0.3 is 0 Å². The topological polar surface area (TPSA) is 55.1 Å². The van der Waals surface area contributed by atoms with Crippen molar-refractivity contribution in [2.45, 2.75) is 33.2 Å². The largest absolute Gasteiger partial charge is 0.370 e. The van der Waals surface area contributed by atoms with Crippen LogP contribution in [0.15, 0.2) is 24.3 Å². The normalized spacial score (nSPS) is 10.8. The molecule has 0 heterocycles. The second-order valence-electron chi connectivity index (χ2n) is 4.81. The summed E-state index contributed by atoms with van der Waals surface area (Å²) in [6.07, 6.45) is 1.51. The zero-order valence-electron chi connectivity index (χ0n) is 10.7. The number of nitrogens with one attached hydrogen (secondary N) is 1. The summed E-state index contributed by atoms with van der Waals surface area (Å²) in [7, 11) is 0. The first-order valence-corrected chi connectivity index (χ1v) is 6.14. The molecule has 0 aliphatic carbocycles. The van der Waals surface area contributed by atoms with Gasteiger partial charge in [-0.25, -0.2) is 0 Å². The van der Waals surface area contributed by atoms with Crippen LogP contribution >= 0.6 is 0 Å². The number of primary amides is 1. The van der Waals surface area contributed by atoms with Gasteiger partial charge in [0.05, 0.1) is 0 Å². The minimum Gasteiger partial charge on any atom is -0.370 e. The van der Waals surface area contributed by atoms with Crippen LogP contribution < -0.4 is 11.1 Å². The molecule has 1 rings (SSSR count). The van der Waals surface area contributed by atoms with Gasteiger partial charge in [0.1, 0.15) is 0 Å². The van der Waals surface area contributed by atoms with E-state index in [1.165, 1.54) is 11.1 Å². The third kappa shape index (κ3) is 6.07. The molecule has 94 valence electrons. The first-order valence-electron chi connectivity index (χ1n) is 6.14. The van der Waals surface area contributed by atoms with E-state index < -0.39 is 0 Å². The van der Waals surface area contributed by atoms with Crippen molar-refractivity contribution in [1.29, 1.82) is 0 Å². The van der Waals surface area contributed by atoms with E-state index in [2.05, 4.69) is 43.4 Å². The summed E-state index contributed by atoms with van der Waals surface area (Å²) in [5, 5.41) is 3.19. The standard InChI is InChI=1S/C14H22N2O/c1-11(2)9-12-3-5-13(6-4-12)10-16-8-7-14(15)17/h3-6,11,16H,7-10H2,1-2H3,(H2,15,17). The molecule has 0 saturated heterocycles. The molecule has 0 fully saturated rings. The highest BCUT2D eigenvalue weighted by atomic mass is 16.1. The minimum absolute atomic E-state index is 0.259. The Morgan fingerprint density at radius 3 is 2.35 bits per heavy atom. The van der Waals surface area contributed by atoms with E-state index in [-0.39, 0.29) is 5.91 Å². The molecule has 0 aliphatic rings. The third-order valence-electron chi connectivity index (χ3n) is 2.54. The van der Waals surface area contributed by atoms with Crippen LogP contribution in [0.3, 0.4) is 0 Å². The second kappa shape index (κ2) is 7.07. The highest BCUT2D eigenvalue weighted by molar-refractivity contribution is 5.73. The lowest BCUT2D eigenvalue weighted by atomic mass is 10.0. The van der Waals surface area contributed by atoms with Crippen LogP contribution in [-0.2, 0) is 17.8 Å². The summed E-state index contributed by atoms with van der Waals surface area (Å²) in [5.41, 5.74) is 7.67. The number of nitrogens with two attached hydrogens (primary N) is 1. The Morgan fingerprint density at radius 2 is 1.82 bits per heavy atom. The van der Waals surface area contributed by atoms with Crippen LogP contribution in [0.2, 0.25) is 0 Å². The molecular weight excluding hydrogens is 212 g/mol. The lowest BCUT2D eigenvalue weighted by Crippen LogP contribution is -2.21. The van der Waals surface area contributed by atoms with Crippen LogP contribution in [0.1, 0.15) is 31.4 Å². The maximum atomic E-state index is 10.5. The summed E-state index contributed by atoms with van der Waals surface area (Å²) < 4.78 is 0.